The molecule has 0 aliphatic carbocycles. The van der Waals surface area contributed by atoms with Gasteiger partial charge in [0.2, 0.25) is 11.8 Å². The Morgan fingerprint density at radius 3 is 1.07 bits per heavy atom. The van der Waals surface area contributed by atoms with Crippen LogP contribution in [-0.2, 0) is 28.8 Å². The number of rotatable bonds is 34. The first-order valence-corrected chi connectivity index (χ1v) is 21.0. The summed E-state index contributed by atoms with van der Waals surface area (Å²) in [6, 6.07) is -4.11. The summed E-state index contributed by atoms with van der Waals surface area (Å²) in [5.74, 6) is -5.10. The van der Waals surface area contributed by atoms with Gasteiger partial charge in [0.15, 0.2) is 12.1 Å². The third kappa shape index (κ3) is 21.7. The van der Waals surface area contributed by atoms with Crippen LogP contribution in [0.2, 0.25) is 0 Å². The zero-order valence-electron chi connectivity index (χ0n) is 35.9. The molecule has 0 spiro atoms. The molecule has 0 fully saturated rings. The number of aliphatic hydroxyl groups is 2. The Morgan fingerprint density at radius 2 is 0.842 bits per heavy atom. The van der Waals surface area contributed by atoms with Gasteiger partial charge in [0.1, 0.15) is 25.2 Å². The number of aliphatic hydroxyl groups excluding tert-OH is 2. The Bertz CT molecular complexity index is 1060. The van der Waals surface area contributed by atoms with E-state index in [1.54, 1.807) is 13.8 Å². The maximum atomic E-state index is 12.0. The molecule has 2 amide bonds. The molecule has 0 saturated carbocycles. The van der Waals surface area contributed by atoms with Crippen molar-refractivity contribution in [1.29, 1.82) is 0 Å². The van der Waals surface area contributed by atoms with E-state index < -0.39 is 48.0 Å². The van der Waals surface area contributed by atoms with Crippen molar-refractivity contribution in [3.8, 4) is 0 Å². The Labute approximate surface area is 371 Å². The number of carbonyl (C=O) groups excluding carboxylic acids is 4. The van der Waals surface area contributed by atoms with Crippen LogP contribution in [0.3, 0.4) is 0 Å². The number of aliphatic carboxylic acids is 4. The molecule has 16 nitrogen and oxygen atoms in total. The van der Waals surface area contributed by atoms with Gasteiger partial charge in [-0.2, -0.15) is 0 Å². The fraction of sp³-hybridized carbons (Fsp3) is 0.850. The van der Waals surface area contributed by atoms with Crippen molar-refractivity contribution < 1.29 is 68.4 Å². The van der Waals surface area contributed by atoms with Crippen LogP contribution in [0.15, 0.2) is 0 Å². The summed E-state index contributed by atoms with van der Waals surface area (Å²) in [5, 5.41) is 67.9. The van der Waals surface area contributed by atoms with E-state index >= 15 is 0 Å². The van der Waals surface area contributed by atoms with Gasteiger partial charge in [0, 0.05) is 38.5 Å². The molecule has 0 bridgehead atoms. The molecule has 6 unspecified atom stereocenters. The molecule has 0 rings (SSSR count). The predicted molar refractivity (Wildman–Crippen MR) is 214 cm³/mol. The third-order valence-corrected chi connectivity index (χ3v) is 10.7. The van der Waals surface area contributed by atoms with Crippen molar-refractivity contribution in [2.45, 2.75) is 168 Å². The van der Waals surface area contributed by atoms with Crippen LogP contribution in [0.25, 0.3) is 0 Å². The molecule has 0 aromatic carbocycles. The molecule has 328 valence electrons. The van der Waals surface area contributed by atoms with Crippen molar-refractivity contribution in [1.82, 2.24) is 10.6 Å². The summed E-state index contributed by atoms with van der Waals surface area (Å²) in [6.07, 6.45) is 10.7. The van der Waals surface area contributed by atoms with Gasteiger partial charge < -0.3 is 59.8 Å². The van der Waals surface area contributed by atoms with Gasteiger partial charge in [-0.25, -0.2) is 9.59 Å². The van der Waals surface area contributed by atoms with E-state index in [0.717, 1.165) is 51.4 Å². The Balaban J connectivity index is -0.00000101. The zero-order valence-corrected chi connectivity index (χ0v) is 38.1. The Hall–Kier alpha value is -2.08. The molecule has 6 atom stereocenters. The number of carboxylic acid groups (broad SMARTS) is 4. The van der Waals surface area contributed by atoms with Gasteiger partial charge in [-0.3, -0.25) is 9.59 Å². The summed E-state index contributed by atoms with van der Waals surface area (Å²) in [6.45, 7) is 11.0. The van der Waals surface area contributed by atoms with Crippen LogP contribution in [-0.4, -0.2) is 179 Å². The smallest absolute Gasteiger partial charge is 0.544 e. The molecule has 0 aromatic rings. The van der Waals surface area contributed by atoms with Gasteiger partial charge in [-0.15, -0.1) is 0 Å². The number of amides is 2. The minimum absolute atomic E-state index is 0. The minimum atomic E-state index is -1.32. The number of carboxylic acids is 4. The Kier molecular flexibility index (Phi) is 36.1. The Morgan fingerprint density at radius 1 is 0.509 bits per heavy atom. The second kappa shape index (κ2) is 34.7. The van der Waals surface area contributed by atoms with E-state index in [9.17, 15) is 59.4 Å². The van der Waals surface area contributed by atoms with Crippen LogP contribution in [0.5, 0.6) is 0 Å². The average Bonchev–Trinajstić information content (AvgIpc) is 3.13. The number of quaternary nitrogens is 2. The van der Waals surface area contributed by atoms with Gasteiger partial charge in [0.05, 0.1) is 51.3 Å². The SMILES string of the molecule is CCCCCCC(=O)NCC[N+](CCO)(C(CCC)C(=O)[O-])C(CC)C(=O)O.CCCCCCC(=O)NCC[N+](CCO)(C(CCC)C(=O)[O-])C(CC)C(=O)O.[Ca+2]. The molecular formula is C40H76CaN4O12+2. The largest absolute Gasteiger partial charge is 2.00 e. The van der Waals surface area contributed by atoms with Crippen molar-refractivity contribution in [3.05, 3.63) is 0 Å². The first-order chi connectivity index (χ1) is 26.6. The van der Waals surface area contributed by atoms with Crippen molar-refractivity contribution in [2.24, 2.45) is 0 Å². The number of hydrogen-bond acceptors (Lipinski definition) is 10. The normalized spacial score (nSPS) is 15.2. The number of nitrogens with one attached hydrogen (secondary N) is 2. The van der Waals surface area contributed by atoms with Crippen LogP contribution >= 0.6 is 0 Å². The predicted octanol–water partition coefficient (Wildman–Crippen LogP) is 0.947. The molecule has 6 N–H and O–H groups in total. The van der Waals surface area contributed by atoms with E-state index in [1.165, 1.54) is 0 Å². The fourth-order valence-corrected chi connectivity index (χ4v) is 7.92. The number of carbonyl (C=O) groups is 6. The van der Waals surface area contributed by atoms with Crippen molar-refractivity contribution in [3.63, 3.8) is 0 Å². The van der Waals surface area contributed by atoms with Gasteiger partial charge in [-0.05, 0) is 12.8 Å². The summed E-state index contributed by atoms with van der Waals surface area (Å²) < 4.78 is -0.650. The van der Waals surface area contributed by atoms with Crippen molar-refractivity contribution >= 4 is 73.4 Å². The number of unbranched alkanes of at least 4 members (excludes halogenated alkanes) is 6. The maximum absolute atomic E-state index is 12.0. The molecule has 0 aromatic heterocycles. The standard InChI is InChI=1S/2C20H38N2O6.Ca/c2*1-4-7-8-9-11-18(24)21-12-13-22(14-15-23,16(6-3)19(25)26)17(10-5-2)20(27)28;/h2*16-17,23H,4-15H2,1-3H3,(H2-,21,24,25,26,27,28);/q;;+2. The minimum Gasteiger partial charge on any atom is -0.544 e. The second-order valence-corrected chi connectivity index (χ2v) is 14.6. The summed E-state index contributed by atoms with van der Waals surface area (Å²) in [4.78, 5) is 71.6. The second-order valence-electron chi connectivity index (χ2n) is 14.6. The summed E-state index contributed by atoms with van der Waals surface area (Å²) in [7, 11) is 0. The molecule has 0 heterocycles. The molecule has 0 radical (unpaired) electrons. The van der Waals surface area contributed by atoms with Gasteiger partial charge in [-0.1, -0.05) is 92.9 Å². The van der Waals surface area contributed by atoms with E-state index in [0.29, 0.717) is 25.7 Å². The third-order valence-electron chi connectivity index (χ3n) is 10.7. The maximum Gasteiger partial charge on any atom is 2.00 e. The van der Waals surface area contributed by atoms with Crippen molar-refractivity contribution in [2.75, 3.05) is 52.5 Å². The van der Waals surface area contributed by atoms with E-state index in [1.807, 2.05) is 13.8 Å². The van der Waals surface area contributed by atoms with Crippen LogP contribution in [0, 0.1) is 0 Å². The summed E-state index contributed by atoms with van der Waals surface area (Å²) >= 11 is 0. The zero-order chi connectivity index (χ0) is 43.2. The fourth-order valence-electron chi connectivity index (χ4n) is 7.92. The van der Waals surface area contributed by atoms with Crippen LogP contribution < -0.4 is 20.8 Å². The van der Waals surface area contributed by atoms with Crippen LogP contribution in [0.4, 0.5) is 0 Å². The van der Waals surface area contributed by atoms with Gasteiger partial charge in [0.25, 0.3) is 0 Å². The first-order valence-electron chi connectivity index (χ1n) is 21.0. The van der Waals surface area contributed by atoms with E-state index in [4.69, 9.17) is 0 Å². The van der Waals surface area contributed by atoms with E-state index in [2.05, 4.69) is 24.5 Å². The monoisotopic (exact) mass is 845 g/mol. The number of hydrogen-bond donors (Lipinski definition) is 6. The summed E-state index contributed by atoms with van der Waals surface area (Å²) in [5.41, 5.74) is 0. The molecule has 57 heavy (non-hydrogen) atoms. The quantitative estimate of drug-likeness (QED) is 0.0301. The molecule has 0 aliphatic rings. The average molecular weight is 845 g/mol. The molecule has 0 aliphatic heterocycles. The molecular weight excluding hydrogens is 769 g/mol. The molecule has 17 heteroatoms. The topological polar surface area (TPSA) is 254 Å². The molecule has 0 saturated heterocycles. The van der Waals surface area contributed by atoms with Crippen LogP contribution in [0.1, 0.15) is 144 Å². The first kappa shape index (κ1) is 59.2. The van der Waals surface area contributed by atoms with E-state index in [-0.39, 0.29) is 137 Å². The number of nitrogens with zero attached hydrogens (tertiary/aromatic N) is 2. The van der Waals surface area contributed by atoms with Gasteiger partial charge >= 0.3 is 49.7 Å².